The number of ether oxygens (including phenoxy) is 3. The van der Waals surface area contributed by atoms with E-state index in [1.165, 1.54) is 12.7 Å². The Bertz CT molecular complexity index is 2250. The largest absolute Gasteiger partial charge is 0.464 e. The first-order chi connectivity index (χ1) is 27.2. The number of nitrogens with one attached hydrogen (secondary N) is 2. The molecule has 56 heavy (non-hydrogen) atoms. The number of nitrogens with zero attached hydrogens (tertiary/aromatic N) is 6. The summed E-state index contributed by atoms with van der Waals surface area (Å²) < 4.78 is 19.1. The van der Waals surface area contributed by atoms with Crippen LogP contribution in [-0.4, -0.2) is 89.7 Å². The molecule has 1 aliphatic carbocycles. The van der Waals surface area contributed by atoms with E-state index >= 15 is 0 Å². The van der Waals surface area contributed by atoms with Crippen molar-refractivity contribution < 1.29 is 23.8 Å². The number of fused-ring (bicyclic) bond motifs is 2. The number of aryl methyl sites for hydroxylation is 1. The summed E-state index contributed by atoms with van der Waals surface area (Å²) in [7, 11) is 1.34. The van der Waals surface area contributed by atoms with Crippen LogP contribution < -0.4 is 20.4 Å². The molecule has 13 nitrogen and oxygen atoms in total. The SMILES string of the molecule is COC(=O)c1cccc(N2CCC(CNC3C4COC3(c3nc5c(C)cc(N6CC[C@](C)(c7ccccc7)C6)cn5n3)C4)(NC(=O)OCc3ccccc3)C2)n1. The third-order valence-electron chi connectivity index (χ3n) is 12.4. The van der Waals surface area contributed by atoms with Gasteiger partial charge in [-0.25, -0.2) is 24.1 Å². The second kappa shape index (κ2) is 14.2. The molecule has 4 saturated heterocycles. The number of anilines is 2. The summed E-state index contributed by atoms with van der Waals surface area (Å²) in [5.74, 6) is 1.11. The van der Waals surface area contributed by atoms with Crippen LogP contribution in [0.3, 0.4) is 0 Å². The summed E-state index contributed by atoms with van der Waals surface area (Å²) in [6, 6.07) is 27.9. The van der Waals surface area contributed by atoms with E-state index in [4.69, 9.17) is 24.3 Å². The first-order valence-electron chi connectivity index (χ1n) is 19.5. The van der Waals surface area contributed by atoms with Crippen LogP contribution in [0.4, 0.5) is 16.3 Å². The van der Waals surface area contributed by atoms with Crippen molar-refractivity contribution in [2.45, 2.75) is 62.3 Å². The van der Waals surface area contributed by atoms with Crippen LogP contribution in [0.5, 0.6) is 0 Å². The van der Waals surface area contributed by atoms with E-state index in [-0.39, 0.29) is 29.7 Å². The predicted molar refractivity (Wildman–Crippen MR) is 211 cm³/mol. The zero-order chi connectivity index (χ0) is 38.5. The first kappa shape index (κ1) is 36.1. The highest BCUT2D eigenvalue weighted by atomic mass is 16.5. The minimum absolute atomic E-state index is 0.0429. The smallest absolute Gasteiger partial charge is 0.408 e. The molecule has 0 radical (unpaired) electrons. The van der Waals surface area contributed by atoms with Crippen LogP contribution >= 0.6 is 0 Å². The lowest BCUT2D eigenvalue weighted by Crippen LogP contribution is -2.64. The van der Waals surface area contributed by atoms with Gasteiger partial charge in [-0.2, -0.15) is 0 Å². The highest BCUT2D eigenvalue weighted by molar-refractivity contribution is 5.87. The molecule has 4 aliphatic heterocycles. The summed E-state index contributed by atoms with van der Waals surface area (Å²) >= 11 is 0. The Balaban J connectivity index is 0.937. The number of carbonyl (C=O) groups excluding carboxylic acids is 2. The van der Waals surface area contributed by atoms with E-state index in [9.17, 15) is 9.59 Å². The average Bonchev–Trinajstić information content (AvgIpc) is 4.07. The molecule has 5 atom stereocenters. The van der Waals surface area contributed by atoms with Crippen molar-refractivity contribution >= 4 is 29.2 Å². The van der Waals surface area contributed by atoms with E-state index < -0.39 is 23.2 Å². The molecule has 1 saturated carbocycles. The van der Waals surface area contributed by atoms with Crippen molar-refractivity contribution in [1.29, 1.82) is 0 Å². The molecule has 10 rings (SSSR count). The highest BCUT2D eigenvalue weighted by Crippen LogP contribution is 2.54. The molecule has 3 aromatic heterocycles. The lowest BCUT2D eigenvalue weighted by Gasteiger charge is -2.45. The molecule has 2 aromatic carbocycles. The second-order valence-electron chi connectivity index (χ2n) is 16.2. The maximum absolute atomic E-state index is 13.4. The van der Waals surface area contributed by atoms with Gasteiger partial charge in [0.25, 0.3) is 0 Å². The molecule has 1 amide bonds. The van der Waals surface area contributed by atoms with Crippen LogP contribution in [-0.2, 0) is 31.8 Å². The van der Waals surface area contributed by atoms with Crippen molar-refractivity contribution in [1.82, 2.24) is 30.2 Å². The maximum atomic E-state index is 13.4. The first-order valence-corrected chi connectivity index (χ1v) is 19.5. The molecule has 290 valence electrons. The minimum Gasteiger partial charge on any atom is -0.464 e. The van der Waals surface area contributed by atoms with E-state index in [0.29, 0.717) is 44.3 Å². The monoisotopic (exact) mass is 756 g/mol. The Kier molecular flexibility index (Phi) is 9.16. The van der Waals surface area contributed by atoms with Crippen molar-refractivity contribution in [2.24, 2.45) is 5.92 Å². The molecule has 5 aliphatic rings. The van der Waals surface area contributed by atoms with E-state index in [1.54, 1.807) is 12.1 Å². The zero-order valence-electron chi connectivity index (χ0n) is 32.1. The van der Waals surface area contributed by atoms with Gasteiger partial charge in [0.05, 0.1) is 31.1 Å². The molecule has 2 N–H and O–H groups in total. The molecule has 5 fully saturated rings. The Morgan fingerprint density at radius 3 is 2.52 bits per heavy atom. The van der Waals surface area contributed by atoms with Gasteiger partial charge < -0.3 is 34.6 Å². The molecule has 0 spiro atoms. The molecule has 4 unspecified atom stereocenters. The number of hydrogen-bond acceptors (Lipinski definition) is 11. The number of alkyl carbamates (subject to hydrolysis) is 1. The number of methoxy groups -OCH3 is 1. The van der Waals surface area contributed by atoms with Crippen molar-refractivity contribution in [3.8, 4) is 0 Å². The average molecular weight is 757 g/mol. The van der Waals surface area contributed by atoms with Gasteiger partial charge in [0, 0.05) is 50.1 Å². The number of carbonyl (C=O) groups is 2. The Hall–Kier alpha value is -5.53. The fraction of sp³-hybridized carbons (Fsp3) is 0.419. The standard InChI is InChI=1S/C43H48N8O5/c1-29-21-33(49-19-17-41(2,27-49)32-13-8-5-9-14-32)23-51-37(29)46-39(48-51)43-22-31(25-56-43)36(43)44-26-42(47-40(53)55-24-30-11-6-4-7-12-30)18-20-50(28-42)35-16-10-15-34(45-35)38(52)54-3/h4-16,21,23,31,36,44H,17-20,22,24-28H2,1-3H3,(H,47,53)/t31?,36?,41-,42?,43?/m0/s1. The normalized spacial score (nSPS) is 26.7. The molecular weight excluding hydrogens is 709 g/mol. The molecule has 5 aromatic rings. The summed E-state index contributed by atoms with van der Waals surface area (Å²) in [6.07, 6.45) is 4.15. The van der Waals surface area contributed by atoms with Gasteiger partial charge in [0.15, 0.2) is 17.2 Å². The number of amides is 1. The summed E-state index contributed by atoms with van der Waals surface area (Å²) in [4.78, 5) is 39.9. The lowest BCUT2D eigenvalue weighted by molar-refractivity contribution is -0.0432. The molecule has 2 bridgehead atoms. The summed E-state index contributed by atoms with van der Waals surface area (Å²) in [5.41, 5.74) is 4.25. The Morgan fingerprint density at radius 2 is 1.73 bits per heavy atom. The summed E-state index contributed by atoms with van der Waals surface area (Å²) in [6.45, 7) is 8.66. The van der Waals surface area contributed by atoms with Crippen molar-refractivity contribution in [2.75, 3.05) is 56.2 Å². The molecule has 7 heterocycles. The van der Waals surface area contributed by atoms with E-state index in [1.807, 2.05) is 40.9 Å². The van der Waals surface area contributed by atoms with Gasteiger partial charge in [-0.05, 0) is 61.1 Å². The second-order valence-corrected chi connectivity index (χ2v) is 16.2. The van der Waals surface area contributed by atoms with Gasteiger partial charge in [-0.1, -0.05) is 73.7 Å². The third kappa shape index (κ3) is 6.52. The number of pyridine rings is 2. The van der Waals surface area contributed by atoms with Gasteiger partial charge in [0.1, 0.15) is 18.0 Å². The quantitative estimate of drug-likeness (QED) is 0.173. The van der Waals surface area contributed by atoms with E-state index in [2.05, 4.69) is 81.9 Å². The molecule has 13 heteroatoms. The van der Waals surface area contributed by atoms with Crippen molar-refractivity contribution in [3.63, 3.8) is 0 Å². The zero-order valence-corrected chi connectivity index (χ0v) is 32.1. The minimum atomic E-state index is -0.700. The van der Waals surface area contributed by atoms with Crippen LogP contribution in [0.2, 0.25) is 0 Å². The lowest BCUT2D eigenvalue weighted by atomic mass is 9.68. The predicted octanol–water partition coefficient (Wildman–Crippen LogP) is 5.17. The topological polar surface area (TPSA) is 135 Å². The van der Waals surface area contributed by atoms with Gasteiger partial charge >= 0.3 is 12.1 Å². The van der Waals surface area contributed by atoms with E-state index in [0.717, 1.165) is 48.4 Å². The van der Waals surface area contributed by atoms with Gasteiger partial charge in [-0.15, -0.1) is 5.10 Å². The van der Waals surface area contributed by atoms with Crippen LogP contribution in [0.25, 0.3) is 5.65 Å². The molecular formula is C43H48N8O5. The third-order valence-corrected chi connectivity index (χ3v) is 12.4. The maximum Gasteiger partial charge on any atom is 0.408 e. The number of rotatable bonds is 11. The number of esters is 1. The number of benzene rings is 2. The van der Waals surface area contributed by atoms with Crippen molar-refractivity contribution in [3.05, 3.63) is 119 Å². The van der Waals surface area contributed by atoms with Crippen LogP contribution in [0, 0.1) is 12.8 Å². The fourth-order valence-corrected chi connectivity index (χ4v) is 9.24. The van der Waals surface area contributed by atoms with Crippen LogP contribution in [0.15, 0.2) is 91.1 Å². The Morgan fingerprint density at radius 1 is 0.946 bits per heavy atom. The van der Waals surface area contributed by atoms with Gasteiger partial charge in [0.2, 0.25) is 0 Å². The number of aromatic nitrogens is 4. The van der Waals surface area contributed by atoms with Gasteiger partial charge in [-0.3, -0.25) is 0 Å². The fourth-order valence-electron chi connectivity index (χ4n) is 9.24. The Labute approximate surface area is 326 Å². The van der Waals surface area contributed by atoms with Crippen LogP contribution in [0.1, 0.15) is 59.2 Å². The summed E-state index contributed by atoms with van der Waals surface area (Å²) in [5, 5.41) is 12.1. The number of hydrogen-bond donors (Lipinski definition) is 2. The highest BCUT2D eigenvalue weighted by Gasteiger charge is 2.64.